The molecule has 0 spiro atoms. The van der Waals surface area contributed by atoms with Gasteiger partial charge in [0.15, 0.2) is 11.6 Å². The van der Waals surface area contributed by atoms with E-state index in [9.17, 15) is 9.59 Å². The number of unbranched alkanes of at least 4 members (excludes halogenated alkanes) is 1. The molecule has 8 nitrogen and oxygen atoms in total. The Morgan fingerprint density at radius 2 is 1.69 bits per heavy atom. The molecule has 1 N–H and O–H groups in total. The molecule has 1 saturated carbocycles. The fourth-order valence-corrected chi connectivity index (χ4v) is 4.34. The minimum atomic E-state index is 0.00190. The fourth-order valence-electron chi connectivity index (χ4n) is 4.34. The number of carbonyl (C=O) groups excluding carboxylic acids is 2. The first-order valence-electron chi connectivity index (χ1n) is 15.0. The Balaban J connectivity index is 1.47. The Morgan fingerprint density at radius 3 is 2.38 bits per heavy atom. The lowest BCUT2D eigenvalue weighted by atomic mass is 9.88. The van der Waals surface area contributed by atoms with E-state index in [1.807, 2.05) is 13.8 Å². The van der Waals surface area contributed by atoms with Crippen LogP contribution in [0.1, 0.15) is 92.4 Å². The highest BCUT2D eigenvalue weighted by Gasteiger charge is 2.32. The minimum absolute atomic E-state index is 0.00190. The van der Waals surface area contributed by atoms with Gasteiger partial charge < -0.3 is 24.3 Å². The van der Waals surface area contributed by atoms with Gasteiger partial charge in [-0.15, -0.1) is 0 Å². The van der Waals surface area contributed by atoms with Crippen LogP contribution < -0.4 is 14.8 Å². The molecule has 1 heterocycles. The zero-order chi connectivity index (χ0) is 28.5. The molecule has 1 aromatic rings. The van der Waals surface area contributed by atoms with Gasteiger partial charge in [0.2, 0.25) is 5.88 Å². The van der Waals surface area contributed by atoms with Gasteiger partial charge in [-0.3, -0.25) is 9.59 Å². The zero-order valence-corrected chi connectivity index (χ0v) is 24.9. The first-order chi connectivity index (χ1) is 18.8. The lowest BCUT2D eigenvalue weighted by Gasteiger charge is -2.37. The molecule has 0 radical (unpaired) electrons. The van der Waals surface area contributed by atoms with Crippen LogP contribution in [0.2, 0.25) is 0 Å². The number of rotatable bonds is 23. The van der Waals surface area contributed by atoms with Crippen molar-refractivity contribution in [1.82, 2.24) is 10.3 Å². The van der Waals surface area contributed by atoms with Crippen molar-refractivity contribution in [3.05, 3.63) is 18.3 Å². The Labute approximate surface area is 235 Å². The number of nitrogens with one attached hydrogen (secondary N) is 1. The van der Waals surface area contributed by atoms with Gasteiger partial charge in [0, 0.05) is 50.3 Å². The van der Waals surface area contributed by atoms with Gasteiger partial charge in [-0.2, -0.15) is 0 Å². The summed E-state index contributed by atoms with van der Waals surface area (Å²) in [5.41, 5.74) is 0. The molecule has 1 fully saturated rings. The molecule has 2 rings (SSSR count). The molecule has 0 aliphatic heterocycles. The highest BCUT2D eigenvalue weighted by molar-refractivity contribution is 5.81. The number of nitrogens with zero attached hydrogens (tertiary/aromatic N) is 1. The van der Waals surface area contributed by atoms with Crippen LogP contribution in [0.25, 0.3) is 0 Å². The molecular weight excluding hydrogens is 496 g/mol. The smallest absolute Gasteiger partial charge is 0.213 e. The molecule has 222 valence electrons. The minimum Gasteiger partial charge on any atom is -0.484 e. The van der Waals surface area contributed by atoms with Gasteiger partial charge in [-0.25, -0.2) is 4.98 Å². The highest BCUT2D eigenvalue weighted by atomic mass is 16.5. The van der Waals surface area contributed by atoms with E-state index in [0.717, 1.165) is 51.0 Å². The molecule has 0 aromatic carbocycles. The summed E-state index contributed by atoms with van der Waals surface area (Å²) in [4.78, 5) is 28.0. The van der Waals surface area contributed by atoms with Crippen LogP contribution in [0.15, 0.2) is 18.3 Å². The molecule has 1 aliphatic carbocycles. The molecule has 0 bridgehead atoms. The van der Waals surface area contributed by atoms with Crippen LogP contribution >= 0.6 is 0 Å². The molecule has 39 heavy (non-hydrogen) atoms. The Morgan fingerprint density at radius 1 is 0.949 bits per heavy atom. The second-order valence-corrected chi connectivity index (χ2v) is 11.3. The summed E-state index contributed by atoms with van der Waals surface area (Å²) in [7, 11) is 0. The normalized spacial score (nSPS) is 18.4. The number of aromatic nitrogens is 1. The van der Waals surface area contributed by atoms with Crippen LogP contribution in [0.4, 0.5) is 0 Å². The molecular formula is C31H52N2O6. The van der Waals surface area contributed by atoms with Crippen LogP contribution in [0.3, 0.4) is 0 Å². The molecule has 8 heteroatoms. The summed E-state index contributed by atoms with van der Waals surface area (Å²) < 4.78 is 22.6. The Hall–Kier alpha value is -2.03. The van der Waals surface area contributed by atoms with E-state index < -0.39 is 0 Å². The van der Waals surface area contributed by atoms with Crippen LogP contribution in [-0.2, 0) is 19.1 Å². The van der Waals surface area contributed by atoms with E-state index in [2.05, 4.69) is 31.1 Å². The third-order valence-electron chi connectivity index (χ3n) is 7.13. The summed E-state index contributed by atoms with van der Waals surface area (Å²) >= 11 is 0. The van der Waals surface area contributed by atoms with Crippen molar-refractivity contribution >= 4 is 11.6 Å². The van der Waals surface area contributed by atoms with Gasteiger partial charge in [-0.1, -0.05) is 40.5 Å². The summed E-state index contributed by atoms with van der Waals surface area (Å²) in [6.07, 6.45) is 10.3. The average Bonchev–Trinajstić information content (AvgIpc) is 2.90. The number of carbonyl (C=O) groups is 2. The van der Waals surface area contributed by atoms with Crippen LogP contribution in [0.5, 0.6) is 11.6 Å². The van der Waals surface area contributed by atoms with E-state index in [0.29, 0.717) is 43.3 Å². The van der Waals surface area contributed by atoms with Crippen LogP contribution in [0, 0.1) is 11.8 Å². The standard InChI is InChI=1S/C31H52N2O6/c1-6-27(34)21-38-28-13-14-31(32-20-28)39-29-18-26(19-29)33-25(5)12-11-24(4)30(35)22-37-17-9-16-36-15-8-7-10-23(2)3/h13-14,20,23-26,29,33H,6-12,15-19,21-22H2,1-5H3. The van der Waals surface area contributed by atoms with Crippen molar-refractivity contribution in [2.45, 2.75) is 111 Å². The van der Waals surface area contributed by atoms with Crippen molar-refractivity contribution < 1.29 is 28.5 Å². The van der Waals surface area contributed by atoms with Crippen molar-refractivity contribution in [3.8, 4) is 11.6 Å². The third-order valence-corrected chi connectivity index (χ3v) is 7.13. The van der Waals surface area contributed by atoms with E-state index in [-0.39, 0.29) is 36.8 Å². The van der Waals surface area contributed by atoms with E-state index in [1.165, 1.54) is 12.8 Å². The summed E-state index contributed by atoms with van der Waals surface area (Å²) in [6, 6.07) is 4.31. The lowest BCUT2D eigenvalue weighted by Crippen LogP contribution is -2.49. The van der Waals surface area contributed by atoms with Gasteiger partial charge in [-0.05, 0) is 57.4 Å². The van der Waals surface area contributed by atoms with Crippen molar-refractivity contribution in [3.63, 3.8) is 0 Å². The number of Topliss-reactive ketones (excluding diaryl/α,β-unsaturated/α-hetero) is 2. The molecule has 0 amide bonds. The number of ketones is 2. The fraction of sp³-hybridized carbons (Fsp3) is 0.774. The van der Waals surface area contributed by atoms with Gasteiger partial charge in [0.1, 0.15) is 25.1 Å². The topological polar surface area (TPSA) is 96.0 Å². The predicted molar refractivity (Wildman–Crippen MR) is 153 cm³/mol. The van der Waals surface area contributed by atoms with Crippen LogP contribution in [-0.4, -0.2) is 67.8 Å². The molecule has 1 aromatic heterocycles. The largest absolute Gasteiger partial charge is 0.484 e. The molecule has 1 aliphatic rings. The van der Waals surface area contributed by atoms with E-state index in [1.54, 1.807) is 18.3 Å². The monoisotopic (exact) mass is 548 g/mol. The van der Waals surface area contributed by atoms with E-state index in [4.69, 9.17) is 18.9 Å². The predicted octanol–water partition coefficient (Wildman–Crippen LogP) is 5.56. The first-order valence-corrected chi connectivity index (χ1v) is 15.0. The second-order valence-electron chi connectivity index (χ2n) is 11.3. The number of hydrogen-bond donors (Lipinski definition) is 1. The highest BCUT2D eigenvalue weighted by Crippen LogP contribution is 2.26. The zero-order valence-electron chi connectivity index (χ0n) is 24.9. The van der Waals surface area contributed by atoms with Gasteiger partial charge in [0.05, 0.1) is 6.20 Å². The molecule has 0 saturated heterocycles. The Bertz CT molecular complexity index is 810. The lowest BCUT2D eigenvalue weighted by molar-refractivity contribution is -0.127. The van der Waals surface area contributed by atoms with Crippen molar-refractivity contribution in [2.75, 3.05) is 33.0 Å². The van der Waals surface area contributed by atoms with E-state index >= 15 is 0 Å². The maximum Gasteiger partial charge on any atom is 0.213 e. The third kappa shape index (κ3) is 14.8. The molecule has 2 unspecified atom stereocenters. The van der Waals surface area contributed by atoms with Gasteiger partial charge in [0.25, 0.3) is 0 Å². The first kappa shape index (κ1) is 33.2. The summed E-state index contributed by atoms with van der Waals surface area (Å²) in [5.74, 6) is 2.13. The maximum atomic E-state index is 12.4. The SMILES string of the molecule is CCC(=O)COc1ccc(OC2CC(NC(C)CCC(C)C(=O)COCCCOCCCCC(C)C)C2)nc1. The summed E-state index contributed by atoms with van der Waals surface area (Å²) in [5, 5.41) is 3.65. The number of ether oxygens (including phenoxy) is 4. The van der Waals surface area contributed by atoms with Crippen molar-refractivity contribution in [1.29, 1.82) is 0 Å². The van der Waals surface area contributed by atoms with Crippen molar-refractivity contribution in [2.24, 2.45) is 11.8 Å². The molecule has 2 atom stereocenters. The maximum absolute atomic E-state index is 12.4. The van der Waals surface area contributed by atoms with Gasteiger partial charge >= 0.3 is 0 Å². The number of pyridine rings is 1. The number of hydrogen-bond acceptors (Lipinski definition) is 8. The quantitative estimate of drug-likeness (QED) is 0.178. The summed E-state index contributed by atoms with van der Waals surface area (Å²) in [6.45, 7) is 12.8. The Kier molecular flexibility index (Phi) is 16.3. The average molecular weight is 549 g/mol. The second kappa shape index (κ2) is 19.1.